The minimum Gasteiger partial charge on any atom is -0.371 e. The van der Waals surface area contributed by atoms with E-state index in [4.69, 9.17) is 0 Å². The highest BCUT2D eigenvalue weighted by Gasteiger charge is 2.26. The van der Waals surface area contributed by atoms with E-state index < -0.39 is 15.8 Å². The van der Waals surface area contributed by atoms with E-state index in [1.54, 1.807) is 6.07 Å². The van der Waals surface area contributed by atoms with Crippen LogP contribution in [0.3, 0.4) is 0 Å². The van der Waals surface area contributed by atoms with Crippen molar-refractivity contribution >= 4 is 21.4 Å². The maximum absolute atomic E-state index is 13.1. The molecule has 0 saturated heterocycles. The van der Waals surface area contributed by atoms with Crippen molar-refractivity contribution in [2.24, 2.45) is 0 Å². The monoisotopic (exact) mass is 244 g/mol. The maximum atomic E-state index is 13.1. The summed E-state index contributed by atoms with van der Waals surface area (Å²) in [5.41, 5.74) is 1.15. The molecule has 1 heterocycles. The fraction of sp³-hybridized carbons (Fsp3) is 0.400. The van der Waals surface area contributed by atoms with Crippen molar-refractivity contribution in [1.82, 2.24) is 0 Å². The molecule has 6 heteroatoms. The molecule has 0 unspecified atom stereocenters. The molecule has 0 atom stereocenters. The molecular weight excluding hydrogens is 231 g/mol. The fourth-order valence-electron chi connectivity index (χ4n) is 1.85. The lowest BCUT2D eigenvalue weighted by Crippen LogP contribution is -2.42. The van der Waals surface area contributed by atoms with E-state index >= 15 is 0 Å². The number of benzene rings is 1. The molecular formula is C10H13FN2O2S. The van der Waals surface area contributed by atoms with Gasteiger partial charge in [0.1, 0.15) is 5.82 Å². The standard InChI is InChI=1S/C10H13FN2O2S/c1-12-5-6-13(16(2,14)15)10-7-8(11)3-4-9(10)12/h3-4,7H,5-6H2,1-2H3. The first-order valence-corrected chi connectivity index (χ1v) is 6.73. The Bertz CT molecular complexity index is 516. The minimum atomic E-state index is -3.34. The molecule has 0 radical (unpaired) electrons. The van der Waals surface area contributed by atoms with Gasteiger partial charge in [-0.2, -0.15) is 0 Å². The van der Waals surface area contributed by atoms with Crippen LogP contribution < -0.4 is 9.21 Å². The van der Waals surface area contributed by atoms with Gasteiger partial charge >= 0.3 is 0 Å². The van der Waals surface area contributed by atoms with E-state index in [2.05, 4.69) is 0 Å². The maximum Gasteiger partial charge on any atom is 0.232 e. The molecule has 0 amide bonds. The van der Waals surface area contributed by atoms with Crippen molar-refractivity contribution < 1.29 is 12.8 Å². The molecule has 16 heavy (non-hydrogen) atoms. The van der Waals surface area contributed by atoms with Crippen molar-refractivity contribution in [2.45, 2.75) is 0 Å². The number of likely N-dealkylation sites (N-methyl/N-ethyl adjacent to an activating group) is 1. The molecule has 0 aliphatic carbocycles. The fourth-order valence-corrected chi connectivity index (χ4v) is 2.76. The largest absolute Gasteiger partial charge is 0.371 e. The van der Waals surface area contributed by atoms with Gasteiger partial charge in [-0.1, -0.05) is 0 Å². The van der Waals surface area contributed by atoms with Gasteiger partial charge in [0, 0.05) is 19.7 Å². The summed E-state index contributed by atoms with van der Waals surface area (Å²) in [6.45, 7) is 0.956. The van der Waals surface area contributed by atoms with E-state index in [-0.39, 0.29) is 0 Å². The Kier molecular flexibility index (Phi) is 2.53. The van der Waals surface area contributed by atoms with Crippen molar-refractivity contribution in [2.75, 3.05) is 35.6 Å². The summed E-state index contributed by atoms with van der Waals surface area (Å²) in [6.07, 6.45) is 1.13. The van der Waals surface area contributed by atoms with Gasteiger partial charge in [0.05, 0.1) is 24.2 Å². The summed E-state index contributed by atoms with van der Waals surface area (Å²) < 4.78 is 37.5. The Balaban J connectivity index is 2.59. The van der Waals surface area contributed by atoms with Gasteiger partial charge in [-0.05, 0) is 12.1 Å². The molecule has 0 fully saturated rings. The molecule has 0 spiro atoms. The van der Waals surface area contributed by atoms with Crippen molar-refractivity contribution in [3.05, 3.63) is 24.0 Å². The molecule has 1 aliphatic rings. The average molecular weight is 244 g/mol. The third kappa shape index (κ3) is 1.84. The Hall–Kier alpha value is -1.30. The highest BCUT2D eigenvalue weighted by Crippen LogP contribution is 2.33. The Morgan fingerprint density at radius 1 is 1.25 bits per heavy atom. The smallest absolute Gasteiger partial charge is 0.232 e. The van der Waals surface area contributed by atoms with E-state index in [0.717, 1.165) is 11.9 Å². The van der Waals surface area contributed by atoms with Gasteiger partial charge in [0.15, 0.2) is 0 Å². The Morgan fingerprint density at radius 2 is 1.94 bits per heavy atom. The third-order valence-electron chi connectivity index (χ3n) is 2.66. The first-order valence-electron chi connectivity index (χ1n) is 4.88. The second kappa shape index (κ2) is 3.62. The second-order valence-corrected chi connectivity index (χ2v) is 5.80. The molecule has 0 N–H and O–H groups in total. The first kappa shape index (κ1) is 11.2. The van der Waals surface area contributed by atoms with Crippen LogP contribution in [0.2, 0.25) is 0 Å². The predicted molar refractivity (Wildman–Crippen MR) is 61.9 cm³/mol. The van der Waals surface area contributed by atoms with Crippen LogP contribution in [0.5, 0.6) is 0 Å². The quantitative estimate of drug-likeness (QED) is 0.741. The normalized spacial score (nSPS) is 16.2. The van der Waals surface area contributed by atoms with Gasteiger partial charge in [-0.15, -0.1) is 0 Å². The zero-order valence-electron chi connectivity index (χ0n) is 9.14. The Labute approximate surface area is 94.3 Å². The zero-order chi connectivity index (χ0) is 11.9. The van der Waals surface area contributed by atoms with Crippen LogP contribution in [0.1, 0.15) is 0 Å². The van der Waals surface area contributed by atoms with Crippen LogP contribution in [0.25, 0.3) is 0 Å². The third-order valence-corrected chi connectivity index (χ3v) is 3.84. The summed E-state index contributed by atoms with van der Waals surface area (Å²) in [5.74, 6) is -0.428. The molecule has 0 saturated carbocycles. The van der Waals surface area contributed by atoms with E-state index in [9.17, 15) is 12.8 Å². The lowest BCUT2D eigenvalue weighted by atomic mass is 10.2. The summed E-state index contributed by atoms with van der Waals surface area (Å²) in [7, 11) is -1.48. The molecule has 2 rings (SSSR count). The summed E-state index contributed by atoms with van der Waals surface area (Å²) in [4.78, 5) is 1.91. The van der Waals surface area contributed by atoms with Gasteiger partial charge in [-0.25, -0.2) is 12.8 Å². The van der Waals surface area contributed by atoms with E-state index in [0.29, 0.717) is 18.8 Å². The SMILES string of the molecule is CN1CCN(S(C)(=O)=O)c2cc(F)ccc21. The molecule has 0 aromatic heterocycles. The number of fused-ring (bicyclic) bond motifs is 1. The number of hydrogen-bond acceptors (Lipinski definition) is 3. The van der Waals surface area contributed by atoms with E-state index in [1.165, 1.54) is 16.4 Å². The molecule has 88 valence electrons. The van der Waals surface area contributed by atoms with E-state index in [1.807, 2.05) is 11.9 Å². The number of nitrogens with zero attached hydrogens (tertiary/aromatic N) is 2. The van der Waals surface area contributed by atoms with Crippen LogP contribution in [0, 0.1) is 5.82 Å². The average Bonchev–Trinajstić information content (AvgIpc) is 2.15. The molecule has 4 nitrogen and oxygen atoms in total. The van der Waals surface area contributed by atoms with Crippen LogP contribution in [-0.4, -0.2) is 34.8 Å². The lowest BCUT2D eigenvalue weighted by molar-refractivity contribution is 0.594. The van der Waals surface area contributed by atoms with Gasteiger partial charge in [-0.3, -0.25) is 4.31 Å². The second-order valence-electron chi connectivity index (χ2n) is 3.89. The van der Waals surface area contributed by atoms with Crippen LogP contribution in [-0.2, 0) is 10.0 Å². The van der Waals surface area contributed by atoms with Crippen LogP contribution in [0.4, 0.5) is 15.8 Å². The van der Waals surface area contributed by atoms with Gasteiger partial charge in [0.2, 0.25) is 10.0 Å². The summed E-state index contributed by atoms with van der Waals surface area (Å²) in [5, 5.41) is 0. The van der Waals surface area contributed by atoms with Crippen molar-refractivity contribution in [3.8, 4) is 0 Å². The summed E-state index contributed by atoms with van der Waals surface area (Å²) >= 11 is 0. The van der Waals surface area contributed by atoms with Gasteiger partial charge < -0.3 is 4.90 Å². The van der Waals surface area contributed by atoms with Crippen molar-refractivity contribution in [3.63, 3.8) is 0 Å². The summed E-state index contributed by atoms with van der Waals surface area (Å²) in [6, 6.07) is 4.19. The lowest BCUT2D eigenvalue weighted by Gasteiger charge is -2.35. The first-order chi connectivity index (χ1) is 7.39. The number of hydrogen-bond donors (Lipinski definition) is 0. The highest BCUT2D eigenvalue weighted by molar-refractivity contribution is 7.92. The zero-order valence-corrected chi connectivity index (χ0v) is 9.96. The topological polar surface area (TPSA) is 40.6 Å². The Morgan fingerprint density at radius 3 is 2.56 bits per heavy atom. The van der Waals surface area contributed by atoms with Crippen LogP contribution >= 0.6 is 0 Å². The molecule has 1 aliphatic heterocycles. The minimum absolute atomic E-state index is 0.353. The molecule has 1 aromatic carbocycles. The van der Waals surface area contributed by atoms with Crippen LogP contribution in [0.15, 0.2) is 18.2 Å². The number of rotatable bonds is 1. The number of halogens is 1. The van der Waals surface area contributed by atoms with Crippen molar-refractivity contribution in [1.29, 1.82) is 0 Å². The highest BCUT2D eigenvalue weighted by atomic mass is 32.2. The molecule has 0 bridgehead atoms. The predicted octanol–water partition coefficient (Wildman–Crippen LogP) is 1.04. The number of anilines is 2. The van der Waals surface area contributed by atoms with Gasteiger partial charge in [0.25, 0.3) is 0 Å². The number of sulfonamides is 1. The molecule has 1 aromatic rings.